The van der Waals surface area contributed by atoms with Crippen molar-refractivity contribution in [3.63, 3.8) is 0 Å². The average Bonchev–Trinajstić information content (AvgIpc) is 3.01. The maximum absolute atomic E-state index is 13.1. The Bertz CT molecular complexity index is 1130. The highest BCUT2D eigenvalue weighted by Gasteiger charge is 2.35. The molecule has 0 aliphatic carbocycles. The zero-order chi connectivity index (χ0) is 23.4. The number of nitrogen functional groups attached to an aromatic ring is 1. The molecule has 1 aromatic carbocycles. The molecule has 2 heterocycles. The van der Waals surface area contributed by atoms with Crippen LogP contribution in [0, 0.1) is 0 Å². The van der Waals surface area contributed by atoms with E-state index in [0.29, 0.717) is 30.5 Å². The number of nitrogens with zero attached hydrogens (tertiary/aromatic N) is 3. The van der Waals surface area contributed by atoms with Crippen LogP contribution in [0.4, 0.5) is 11.5 Å². The van der Waals surface area contributed by atoms with Crippen molar-refractivity contribution in [1.82, 2.24) is 14.5 Å². The number of anilines is 2. The van der Waals surface area contributed by atoms with Crippen molar-refractivity contribution in [3.8, 4) is 0 Å². The Kier molecular flexibility index (Phi) is 6.92. The number of benzene rings is 1. The van der Waals surface area contributed by atoms with Gasteiger partial charge in [-0.1, -0.05) is 32.4 Å². The molecule has 0 spiro atoms. The Hall–Kier alpha value is -3.69. The van der Waals surface area contributed by atoms with Gasteiger partial charge in [-0.2, -0.15) is 0 Å². The van der Waals surface area contributed by atoms with Gasteiger partial charge >= 0.3 is 5.69 Å². The summed E-state index contributed by atoms with van der Waals surface area (Å²) in [5, 5.41) is 0. The lowest BCUT2D eigenvalue weighted by Crippen LogP contribution is -2.43. The summed E-state index contributed by atoms with van der Waals surface area (Å²) in [6.07, 6.45) is 1.85. The minimum absolute atomic E-state index is 0.0743. The van der Waals surface area contributed by atoms with Gasteiger partial charge in [-0.05, 0) is 25.0 Å². The molecular formula is C22H27N5O5. The van der Waals surface area contributed by atoms with Crippen molar-refractivity contribution in [2.24, 2.45) is 0 Å². The largest absolute Gasteiger partial charge is 0.383 e. The van der Waals surface area contributed by atoms with Crippen LogP contribution in [0.15, 0.2) is 33.9 Å². The molecule has 10 nitrogen and oxygen atoms in total. The maximum atomic E-state index is 13.1. The molecule has 3 N–H and O–H groups in total. The molecule has 1 aliphatic heterocycles. The van der Waals surface area contributed by atoms with Crippen LogP contribution in [-0.2, 0) is 11.3 Å². The standard InChI is InChI=1S/C22H27N5O5/c1-3-5-12-26-18(23)17(19(29)24-22(26)32)25(11-4-2)16(28)10-13-27-20(30)14-8-6-7-9-15(14)21(27)31/h6-9H,3-5,10-13,23H2,1-2H3,(H,24,29,32). The number of nitrogens with two attached hydrogens (primary N) is 1. The third kappa shape index (κ3) is 4.20. The second-order valence-electron chi connectivity index (χ2n) is 7.60. The smallest absolute Gasteiger partial charge is 0.330 e. The monoisotopic (exact) mass is 441 g/mol. The lowest BCUT2D eigenvalue weighted by Gasteiger charge is -2.25. The molecule has 1 aromatic heterocycles. The first-order chi connectivity index (χ1) is 15.3. The molecule has 0 saturated heterocycles. The SMILES string of the molecule is CCCCn1c(N)c(N(CCC)C(=O)CCN2C(=O)c3ccccc3C2=O)c(=O)[nH]c1=O. The second-order valence-corrected chi connectivity index (χ2v) is 7.60. The Labute approximate surface area is 184 Å². The van der Waals surface area contributed by atoms with Crippen LogP contribution < -0.4 is 21.9 Å². The predicted octanol–water partition coefficient (Wildman–Crippen LogP) is 1.35. The first-order valence-electron chi connectivity index (χ1n) is 10.7. The molecule has 3 amide bonds. The summed E-state index contributed by atoms with van der Waals surface area (Å²) >= 11 is 0. The number of amides is 3. The number of aromatic amines is 1. The topological polar surface area (TPSA) is 139 Å². The van der Waals surface area contributed by atoms with E-state index in [4.69, 9.17) is 5.73 Å². The number of unbranched alkanes of at least 4 members (excludes halogenated alkanes) is 1. The van der Waals surface area contributed by atoms with Crippen LogP contribution >= 0.6 is 0 Å². The van der Waals surface area contributed by atoms with Crippen molar-refractivity contribution in [3.05, 3.63) is 56.2 Å². The van der Waals surface area contributed by atoms with E-state index in [0.717, 1.165) is 11.3 Å². The number of hydrogen-bond acceptors (Lipinski definition) is 6. The van der Waals surface area contributed by atoms with Crippen LogP contribution in [0.3, 0.4) is 0 Å². The number of H-pyrrole nitrogens is 1. The van der Waals surface area contributed by atoms with E-state index >= 15 is 0 Å². The number of imide groups is 1. The van der Waals surface area contributed by atoms with Gasteiger partial charge in [0.2, 0.25) is 5.91 Å². The highest BCUT2D eigenvalue weighted by Crippen LogP contribution is 2.23. The fraction of sp³-hybridized carbons (Fsp3) is 0.409. The van der Waals surface area contributed by atoms with E-state index in [9.17, 15) is 24.0 Å². The van der Waals surface area contributed by atoms with Gasteiger partial charge in [-0.3, -0.25) is 33.6 Å². The van der Waals surface area contributed by atoms with E-state index in [1.54, 1.807) is 24.3 Å². The van der Waals surface area contributed by atoms with E-state index in [2.05, 4.69) is 4.98 Å². The van der Waals surface area contributed by atoms with Gasteiger partial charge in [-0.25, -0.2) is 4.79 Å². The number of hydrogen-bond donors (Lipinski definition) is 2. The third-order valence-electron chi connectivity index (χ3n) is 5.40. The molecule has 0 radical (unpaired) electrons. The molecule has 170 valence electrons. The number of rotatable bonds is 9. The van der Waals surface area contributed by atoms with Crippen LogP contribution in [-0.4, -0.2) is 45.3 Å². The maximum Gasteiger partial charge on any atom is 0.330 e. The number of fused-ring (bicyclic) bond motifs is 1. The van der Waals surface area contributed by atoms with Gasteiger partial charge in [0.05, 0.1) is 11.1 Å². The summed E-state index contributed by atoms with van der Waals surface area (Å²) < 4.78 is 1.25. The lowest BCUT2D eigenvalue weighted by molar-refractivity contribution is -0.118. The van der Waals surface area contributed by atoms with Crippen molar-refractivity contribution in [2.75, 3.05) is 23.7 Å². The van der Waals surface area contributed by atoms with E-state index in [-0.39, 0.29) is 31.0 Å². The lowest BCUT2D eigenvalue weighted by atomic mass is 10.1. The minimum Gasteiger partial charge on any atom is -0.383 e. The molecule has 0 saturated carbocycles. The van der Waals surface area contributed by atoms with Gasteiger partial charge in [0.25, 0.3) is 17.4 Å². The number of carbonyl (C=O) groups is 3. The Morgan fingerprint density at radius 3 is 2.19 bits per heavy atom. The van der Waals surface area contributed by atoms with E-state index in [1.807, 2.05) is 13.8 Å². The van der Waals surface area contributed by atoms with E-state index in [1.165, 1.54) is 9.47 Å². The highest BCUT2D eigenvalue weighted by molar-refractivity contribution is 6.21. The Balaban J connectivity index is 1.85. The van der Waals surface area contributed by atoms with Gasteiger partial charge in [-0.15, -0.1) is 0 Å². The van der Waals surface area contributed by atoms with Crippen molar-refractivity contribution >= 4 is 29.2 Å². The van der Waals surface area contributed by atoms with Gasteiger partial charge in [0.15, 0.2) is 5.69 Å². The number of carbonyl (C=O) groups excluding carboxylic acids is 3. The van der Waals surface area contributed by atoms with Crippen LogP contribution in [0.25, 0.3) is 0 Å². The predicted molar refractivity (Wildman–Crippen MR) is 120 cm³/mol. The fourth-order valence-corrected chi connectivity index (χ4v) is 3.75. The zero-order valence-corrected chi connectivity index (χ0v) is 18.2. The molecule has 2 aromatic rings. The average molecular weight is 441 g/mol. The molecule has 3 rings (SSSR count). The van der Waals surface area contributed by atoms with Gasteiger partial charge in [0, 0.05) is 26.1 Å². The molecule has 10 heteroatoms. The normalized spacial score (nSPS) is 12.9. The second kappa shape index (κ2) is 9.63. The first-order valence-corrected chi connectivity index (χ1v) is 10.7. The zero-order valence-electron chi connectivity index (χ0n) is 18.2. The molecule has 0 unspecified atom stereocenters. The Morgan fingerprint density at radius 1 is 1.00 bits per heavy atom. The summed E-state index contributed by atoms with van der Waals surface area (Å²) in [6, 6.07) is 6.48. The van der Waals surface area contributed by atoms with Crippen LogP contribution in [0.5, 0.6) is 0 Å². The van der Waals surface area contributed by atoms with Crippen molar-refractivity contribution in [1.29, 1.82) is 0 Å². The number of aromatic nitrogens is 2. The van der Waals surface area contributed by atoms with Gasteiger partial charge < -0.3 is 10.6 Å². The highest BCUT2D eigenvalue weighted by atomic mass is 16.2. The molecule has 0 bridgehead atoms. The minimum atomic E-state index is -0.747. The summed E-state index contributed by atoms with van der Waals surface area (Å²) in [5.74, 6) is -1.45. The Morgan fingerprint density at radius 2 is 1.62 bits per heavy atom. The quantitative estimate of drug-likeness (QED) is 0.563. The summed E-state index contributed by atoms with van der Waals surface area (Å²) in [6.45, 7) is 4.18. The summed E-state index contributed by atoms with van der Waals surface area (Å²) in [5.41, 5.74) is 5.29. The molecular weight excluding hydrogens is 414 g/mol. The summed E-state index contributed by atoms with van der Waals surface area (Å²) in [7, 11) is 0. The molecule has 0 fully saturated rings. The molecule has 1 aliphatic rings. The molecule has 0 atom stereocenters. The third-order valence-corrected chi connectivity index (χ3v) is 5.40. The van der Waals surface area contributed by atoms with Crippen molar-refractivity contribution < 1.29 is 14.4 Å². The van der Waals surface area contributed by atoms with E-state index < -0.39 is 29.0 Å². The van der Waals surface area contributed by atoms with Crippen LogP contribution in [0.1, 0.15) is 60.2 Å². The number of nitrogens with one attached hydrogen (secondary N) is 1. The summed E-state index contributed by atoms with van der Waals surface area (Å²) in [4.78, 5) is 67.4. The van der Waals surface area contributed by atoms with Gasteiger partial charge in [0.1, 0.15) is 5.82 Å². The van der Waals surface area contributed by atoms with Crippen molar-refractivity contribution in [2.45, 2.75) is 46.1 Å². The van der Waals surface area contributed by atoms with Crippen LogP contribution in [0.2, 0.25) is 0 Å². The molecule has 32 heavy (non-hydrogen) atoms. The fourth-order valence-electron chi connectivity index (χ4n) is 3.75. The first kappa shape index (κ1) is 23.0.